The molecule has 8 nitrogen and oxygen atoms in total. The van der Waals surface area contributed by atoms with E-state index in [9.17, 15) is 0 Å². The van der Waals surface area contributed by atoms with Gasteiger partial charge in [-0.1, -0.05) is 0 Å². The number of anilines is 3. The monoisotopic (exact) mass is 347 g/mol. The predicted molar refractivity (Wildman–Crippen MR) is 93.8 cm³/mol. The molecule has 0 atom stereocenters. The molecule has 3 rings (SSSR count). The molecule has 0 spiro atoms. The van der Waals surface area contributed by atoms with Crippen LogP contribution in [0.2, 0.25) is 0 Å². The quantitative estimate of drug-likeness (QED) is 0.865. The Hall–Kier alpha value is -2.55. The van der Waals surface area contributed by atoms with Gasteiger partial charge in [-0.2, -0.15) is 4.98 Å². The Balaban J connectivity index is 2.08. The lowest BCUT2D eigenvalue weighted by Crippen LogP contribution is -2.38. The number of nitrogen functional groups attached to an aromatic ring is 1. The van der Waals surface area contributed by atoms with Crippen LogP contribution in [-0.2, 0) is 4.74 Å². The van der Waals surface area contributed by atoms with Gasteiger partial charge in [-0.25, -0.2) is 19.3 Å². The lowest BCUT2D eigenvalue weighted by molar-refractivity contribution is 0.122. The maximum Gasteiger partial charge on any atom is 0.228 e. The molecule has 9 heteroatoms. The Morgan fingerprint density at radius 3 is 2.40 bits per heavy atom. The molecule has 1 fully saturated rings. The van der Waals surface area contributed by atoms with Crippen molar-refractivity contribution in [2.45, 2.75) is 26.3 Å². The Bertz CT molecular complexity index is 739. The highest BCUT2D eigenvalue weighted by Gasteiger charge is 2.23. The van der Waals surface area contributed by atoms with Gasteiger partial charge in [-0.05, 0) is 20.8 Å². The highest BCUT2D eigenvalue weighted by molar-refractivity contribution is 5.65. The van der Waals surface area contributed by atoms with E-state index in [4.69, 9.17) is 10.5 Å². The summed E-state index contributed by atoms with van der Waals surface area (Å²) in [6.45, 7) is 8.29. The molecule has 3 N–H and O–H groups in total. The third kappa shape index (κ3) is 4.11. The zero-order valence-electron chi connectivity index (χ0n) is 14.6. The first-order valence-electron chi connectivity index (χ1n) is 8.10. The van der Waals surface area contributed by atoms with Crippen LogP contribution in [0, 0.1) is 5.82 Å². The van der Waals surface area contributed by atoms with Crippen LogP contribution in [0.1, 0.15) is 20.8 Å². The maximum absolute atomic E-state index is 15.0. The highest BCUT2D eigenvalue weighted by atomic mass is 19.1. The molecule has 1 aliphatic heterocycles. The van der Waals surface area contributed by atoms with Crippen molar-refractivity contribution in [3.05, 3.63) is 18.2 Å². The number of morpholine rings is 1. The Kier molecular flexibility index (Phi) is 4.67. The van der Waals surface area contributed by atoms with Crippen LogP contribution in [0.4, 0.5) is 22.1 Å². The molecule has 0 amide bonds. The molecule has 0 radical (unpaired) electrons. The molecule has 0 aromatic carbocycles. The largest absolute Gasteiger partial charge is 0.378 e. The lowest BCUT2D eigenvalue weighted by Gasteiger charge is -2.28. The van der Waals surface area contributed by atoms with Crippen molar-refractivity contribution in [3.63, 3.8) is 0 Å². The summed E-state index contributed by atoms with van der Waals surface area (Å²) in [5.41, 5.74) is 5.75. The van der Waals surface area contributed by atoms with Gasteiger partial charge >= 0.3 is 0 Å². The smallest absolute Gasteiger partial charge is 0.228 e. The standard InChI is InChI=1S/C16H22FN7O/c1-16(2,3)23-13-11(17)12(10-8-19-14(18)20-9-10)21-15(22-13)24-4-6-25-7-5-24/h8-9H,4-7H2,1-3H3,(H2,18,19,20)(H,21,22,23). The number of nitrogens with two attached hydrogens (primary N) is 1. The molecule has 0 aliphatic carbocycles. The molecule has 0 bridgehead atoms. The Morgan fingerprint density at radius 2 is 1.80 bits per heavy atom. The second kappa shape index (κ2) is 6.75. The fourth-order valence-corrected chi connectivity index (χ4v) is 2.43. The molecule has 2 aromatic heterocycles. The average molecular weight is 347 g/mol. The molecule has 2 aromatic rings. The van der Waals surface area contributed by atoms with Crippen molar-refractivity contribution in [1.29, 1.82) is 0 Å². The summed E-state index contributed by atoms with van der Waals surface area (Å²) in [6, 6.07) is 0. The summed E-state index contributed by atoms with van der Waals surface area (Å²) in [6.07, 6.45) is 2.91. The van der Waals surface area contributed by atoms with Gasteiger partial charge in [0.25, 0.3) is 0 Å². The number of ether oxygens (including phenoxy) is 1. The Labute approximate surface area is 145 Å². The van der Waals surface area contributed by atoms with E-state index in [1.165, 1.54) is 12.4 Å². The summed E-state index contributed by atoms with van der Waals surface area (Å²) < 4.78 is 20.4. The first kappa shape index (κ1) is 17.3. The van der Waals surface area contributed by atoms with E-state index < -0.39 is 5.82 Å². The maximum atomic E-state index is 15.0. The molecule has 0 saturated carbocycles. The highest BCUT2D eigenvalue weighted by Crippen LogP contribution is 2.28. The van der Waals surface area contributed by atoms with E-state index in [1.807, 2.05) is 25.7 Å². The topological polar surface area (TPSA) is 102 Å². The van der Waals surface area contributed by atoms with Crippen LogP contribution in [0.5, 0.6) is 0 Å². The van der Waals surface area contributed by atoms with Crippen molar-refractivity contribution < 1.29 is 9.13 Å². The van der Waals surface area contributed by atoms with Crippen molar-refractivity contribution in [2.24, 2.45) is 0 Å². The van der Waals surface area contributed by atoms with Gasteiger partial charge in [0.15, 0.2) is 11.6 Å². The summed E-state index contributed by atoms with van der Waals surface area (Å²) in [5, 5.41) is 3.10. The van der Waals surface area contributed by atoms with Gasteiger partial charge in [0.05, 0.1) is 13.2 Å². The number of nitrogens with one attached hydrogen (secondary N) is 1. The molecule has 25 heavy (non-hydrogen) atoms. The van der Waals surface area contributed by atoms with Crippen LogP contribution in [0.3, 0.4) is 0 Å². The van der Waals surface area contributed by atoms with Crippen molar-refractivity contribution >= 4 is 17.7 Å². The van der Waals surface area contributed by atoms with Gasteiger partial charge in [0, 0.05) is 36.6 Å². The van der Waals surface area contributed by atoms with E-state index in [1.54, 1.807) is 0 Å². The number of halogens is 1. The fraction of sp³-hybridized carbons (Fsp3) is 0.500. The van der Waals surface area contributed by atoms with E-state index >= 15 is 4.39 Å². The van der Waals surface area contributed by atoms with E-state index in [2.05, 4.69) is 25.3 Å². The third-order valence-electron chi connectivity index (χ3n) is 3.57. The summed E-state index contributed by atoms with van der Waals surface area (Å²) in [5.74, 6) is 0.180. The van der Waals surface area contributed by atoms with Crippen LogP contribution >= 0.6 is 0 Å². The van der Waals surface area contributed by atoms with Gasteiger partial charge in [-0.3, -0.25) is 0 Å². The van der Waals surface area contributed by atoms with Crippen molar-refractivity contribution in [1.82, 2.24) is 19.9 Å². The van der Waals surface area contributed by atoms with E-state index in [0.29, 0.717) is 37.8 Å². The minimum atomic E-state index is -0.541. The first-order chi connectivity index (χ1) is 11.8. The number of hydrogen-bond donors (Lipinski definition) is 2. The van der Waals surface area contributed by atoms with Crippen LogP contribution in [-0.4, -0.2) is 51.8 Å². The molecule has 134 valence electrons. The SMILES string of the molecule is CC(C)(C)Nc1nc(N2CCOCC2)nc(-c2cnc(N)nc2)c1F. The molecule has 0 unspecified atom stereocenters. The summed E-state index contributed by atoms with van der Waals surface area (Å²) in [4.78, 5) is 18.6. The zero-order valence-corrected chi connectivity index (χ0v) is 14.6. The van der Waals surface area contributed by atoms with Gasteiger partial charge < -0.3 is 20.7 Å². The first-order valence-corrected chi connectivity index (χ1v) is 8.10. The normalized spacial score (nSPS) is 15.3. The van der Waals surface area contributed by atoms with E-state index in [-0.39, 0.29) is 23.0 Å². The molecular formula is C16H22FN7O. The molecular weight excluding hydrogens is 325 g/mol. The number of aromatic nitrogens is 4. The number of hydrogen-bond acceptors (Lipinski definition) is 8. The van der Waals surface area contributed by atoms with Crippen molar-refractivity contribution in [2.75, 3.05) is 42.3 Å². The zero-order chi connectivity index (χ0) is 18.0. The fourth-order valence-electron chi connectivity index (χ4n) is 2.43. The van der Waals surface area contributed by atoms with Crippen LogP contribution in [0.25, 0.3) is 11.3 Å². The summed E-state index contributed by atoms with van der Waals surface area (Å²) in [7, 11) is 0. The van der Waals surface area contributed by atoms with Crippen LogP contribution in [0.15, 0.2) is 12.4 Å². The number of rotatable bonds is 3. The molecule has 1 saturated heterocycles. The summed E-state index contributed by atoms with van der Waals surface area (Å²) >= 11 is 0. The van der Waals surface area contributed by atoms with Gasteiger partial charge in [0.1, 0.15) is 5.69 Å². The van der Waals surface area contributed by atoms with Gasteiger partial charge in [0.2, 0.25) is 11.9 Å². The molecule has 3 heterocycles. The van der Waals surface area contributed by atoms with Gasteiger partial charge in [-0.15, -0.1) is 0 Å². The minimum absolute atomic E-state index is 0.125. The predicted octanol–water partition coefficient (Wildman–Crippen LogP) is 1.70. The van der Waals surface area contributed by atoms with Crippen molar-refractivity contribution in [3.8, 4) is 11.3 Å². The average Bonchev–Trinajstić information content (AvgIpc) is 2.57. The Morgan fingerprint density at radius 1 is 1.16 bits per heavy atom. The minimum Gasteiger partial charge on any atom is -0.378 e. The second-order valence-electron chi connectivity index (χ2n) is 6.84. The third-order valence-corrected chi connectivity index (χ3v) is 3.57. The van der Waals surface area contributed by atoms with E-state index in [0.717, 1.165) is 0 Å². The number of nitrogens with zero attached hydrogens (tertiary/aromatic N) is 5. The second-order valence-corrected chi connectivity index (χ2v) is 6.84. The lowest BCUT2D eigenvalue weighted by atomic mass is 10.1. The van der Waals surface area contributed by atoms with Crippen LogP contribution < -0.4 is 16.0 Å². The molecule has 1 aliphatic rings.